The van der Waals surface area contributed by atoms with Crippen LogP contribution in [0.2, 0.25) is 0 Å². The van der Waals surface area contributed by atoms with Crippen LogP contribution in [0.15, 0.2) is 26.2 Å². The van der Waals surface area contributed by atoms with E-state index in [-0.39, 0.29) is 24.0 Å². The molecule has 0 radical (unpaired) electrons. The molecule has 0 aromatic carbocycles. The summed E-state index contributed by atoms with van der Waals surface area (Å²) in [7, 11) is 2.05. The molecular weight excluding hydrogens is 473 g/mol. The van der Waals surface area contributed by atoms with Crippen molar-refractivity contribution in [3.05, 3.63) is 22.6 Å². The smallest absolute Gasteiger partial charge is 0.193 e. The van der Waals surface area contributed by atoms with Crippen LogP contribution < -0.4 is 5.32 Å². The maximum Gasteiger partial charge on any atom is 0.193 e. The normalized spacial score (nSPS) is 14.5. The molecule has 0 unspecified atom stereocenters. The molecule has 7 heteroatoms. The minimum Gasteiger partial charge on any atom is -0.454 e. The third-order valence-corrected chi connectivity index (χ3v) is 3.99. The van der Waals surface area contributed by atoms with Crippen LogP contribution in [0.3, 0.4) is 0 Å². The molecule has 1 aromatic heterocycles. The number of furan rings is 1. The molecule has 1 N–H and O–H groups in total. The van der Waals surface area contributed by atoms with E-state index in [1.165, 1.54) is 12.8 Å². The van der Waals surface area contributed by atoms with Crippen LogP contribution in [0.25, 0.3) is 0 Å². The van der Waals surface area contributed by atoms with Crippen molar-refractivity contribution in [1.82, 2.24) is 10.2 Å². The Labute approximate surface area is 164 Å². The van der Waals surface area contributed by atoms with Crippen LogP contribution in [-0.4, -0.2) is 50.8 Å². The van der Waals surface area contributed by atoms with Gasteiger partial charge in [0.05, 0.1) is 6.61 Å². The monoisotopic (exact) mass is 499 g/mol. The summed E-state index contributed by atoms with van der Waals surface area (Å²) >= 11 is 3.31. The summed E-state index contributed by atoms with van der Waals surface area (Å²) in [5.41, 5.74) is 0. The number of ether oxygens (including phenoxy) is 1. The van der Waals surface area contributed by atoms with E-state index >= 15 is 0 Å². The van der Waals surface area contributed by atoms with E-state index in [0.29, 0.717) is 6.54 Å². The summed E-state index contributed by atoms with van der Waals surface area (Å²) in [4.78, 5) is 6.76. The highest BCUT2D eigenvalue weighted by molar-refractivity contribution is 14.0. The van der Waals surface area contributed by atoms with Gasteiger partial charge >= 0.3 is 0 Å². The Morgan fingerprint density at radius 3 is 2.87 bits per heavy atom. The maximum absolute atomic E-state index is 5.69. The molecule has 0 amide bonds. The van der Waals surface area contributed by atoms with Crippen LogP contribution in [0.5, 0.6) is 0 Å². The van der Waals surface area contributed by atoms with Crippen LogP contribution in [0.1, 0.15) is 25.5 Å². The van der Waals surface area contributed by atoms with Gasteiger partial charge in [0.15, 0.2) is 10.6 Å². The van der Waals surface area contributed by atoms with Gasteiger partial charge in [-0.1, -0.05) is 0 Å². The summed E-state index contributed by atoms with van der Waals surface area (Å²) in [5, 5.41) is 3.32. The van der Waals surface area contributed by atoms with Crippen molar-refractivity contribution in [2.24, 2.45) is 10.9 Å². The Hall–Kier alpha value is -0.280. The Kier molecular flexibility index (Phi) is 10.2. The second-order valence-electron chi connectivity index (χ2n) is 5.63. The number of aliphatic imine (C=N–C) groups is 1. The molecule has 132 valence electrons. The number of rotatable bonds is 9. The van der Waals surface area contributed by atoms with Gasteiger partial charge in [-0.05, 0) is 53.7 Å². The zero-order valence-corrected chi connectivity index (χ0v) is 17.8. The average Bonchev–Trinajstić information content (AvgIpc) is 3.24. The first-order chi connectivity index (χ1) is 10.7. The fraction of sp³-hybridized carbons (Fsp3) is 0.688. The molecule has 23 heavy (non-hydrogen) atoms. The molecule has 0 aliphatic heterocycles. The van der Waals surface area contributed by atoms with E-state index in [1.807, 2.05) is 19.2 Å². The van der Waals surface area contributed by atoms with Gasteiger partial charge in [0.1, 0.15) is 5.76 Å². The van der Waals surface area contributed by atoms with E-state index < -0.39 is 0 Å². The fourth-order valence-corrected chi connectivity index (χ4v) is 2.41. The summed E-state index contributed by atoms with van der Waals surface area (Å²) in [5.74, 6) is 2.69. The topological polar surface area (TPSA) is 50.0 Å². The van der Waals surface area contributed by atoms with Gasteiger partial charge in [-0.15, -0.1) is 24.0 Å². The lowest BCUT2D eigenvalue weighted by Crippen LogP contribution is -2.40. The number of hydrogen-bond donors (Lipinski definition) is 1. The number of nitrogens with one attached hydrogen (secondary N) is 1. The van der Waals surface area contributed by atoms with Gasteiger partial charge in [-0.2, -0.15) is 0 Å². The standard InChI is InChI=1S/C16H26BrN3O2.HI/c1-3-18-16(19-9-8-14-6-7-15(17)22-14)20(2)10-11-21-12-13-4-5-13;/h6-7,13H,3-5,8-12H2,1-2H3,(H,18,19);1H. The highest BCUT2D eigenvalue weighted by atomic mass is 127. The molecule has 0 bridgehead atoms. The largest absolute Gasteiger partial charge is 0.454 e. The Balaban J connectivity index is 0.00000264. The van der Waals surface area contributed by atoms with Gasteiger partial charge in [0, 0.05) is 39.7 Å². The second-order valence-corrected chi connectivity index (χ2v) is 6.41. The summed E-state index contributed by atoms with van der Waals surface area (Å²) in [6.07, 6.45) is 3.47. The minimum absolute atomic E-state index is 0. The third-order valence-electron chi connectivity index (χ3n) is 3.57. The average molecular weight is 500 g/mol. The number of nitrogens with zero attached hydrogens (tertiary/aromatic N) is 2. The predicted molar refractivity (Wildman–Crippen MR) is 108 cm³/mol. The van der Waals surface area contributed by atoms with E-state index in [4.69, 9.17) is 9.15 Å². The van der Waals surface area contributed by atoms with Crippen LogP contribution in [-0.2, 0) is 11.2 Å². The van der Waals surface area contributed by atoms with Crippen molar-refractivity contribution in [2.45, 2.75) is 26.2 Å². The molecule has 1 aromatic rings. The molecule has 0 atom stereocenters. The molecule has 1 saturated carbocycles. The van der Waals surface area contributed by atoms with Crippen molar-refractivity contribution in [1.29, 1.82) is 0 Å². The molecule has 1 aliphatic carbocycles. The second kappa shape index (κ2) is 11.3. The highest BCUT2D eigenvalue weighted by Gasteiger charge is 2.21. The van der Waals surface area contributed by atoms with Crippen molar-refractivity contribution >= 4 is 45.9 Å². The highest BCUT2D eigenvalue weighted by Crippen LogP contribution is 2.28. The number of guanidine groups is 1. The Morgan fingerprint density at radius 1 is 1.48 bits per heavy atom. The van der Waals surface area contributed by atoms with Crippen molar-refractivity contribution in [3.63, 3.8) is 0 Å². The molecular formula is C16H27BrIN3O2. The van der Waals surface area contributed by atoms with Crippen molar-refractivity contribution < 1.29 is 9.15 Å². The number of halogens is 2. The molecule has 5 nitrogen and oxygen atoms in total. The first kappa shape index (κ1) is 20.8. The Morgan fingerprint density at radius 2 is 2.26 bits per heavy atom. The lowest BCUT2D eigenvalue weighted by atomic mass is 10.3. The lowest BCUT2D eigenvalue weighted by Gasteiger charge is -2.22. The molecule has 0 spiro atoms. The number of hydrogen-bond acceptors (Lipinski definition) is 3. The minimum atomic E-state index is 0. The summed E-state index contributed by atoms with van der Waals surface area (Å²) in [6.45, 7) is 6.16. The first-order valence-corrected chi connectivity index (χ1v) is 8.79. The van der Waals surface area contributed by atoms with Crippen LogP contribution in [0.4, 0.5) is 0 Å². The van der Waals surface area contributed by atoms with Gasteiger partial charge in [0.2, 0.25) is 0 Å². The third kappa shape index (κ3) is 8.39. The van der Waals surface area contributed by atoms with Gasteiger partial charge in [-0.25, -0.2) is 0 Å². The van der Waals surface area contributed by atoms with Crippen LogP contribution in [0, 0.1) is 5.92 Å². The fourth-order valence-electron chi connectivity index (χ4n) is 2.07. The van der Waals surface area contributed by atoms with Crippen molar-refractivity contribution in [3.8, 4) is 0 Å². The SMILES string of the molecule is CCNC(=NCCc1ccc(Br)o1)N(C)CCOCC1CC1.I. The summed E-state index contributed by atoms with van der Waals surface area (Å²) in [6, 6.07) is 3.88. The lowest BCUT2D eigenvalue weighted by molar-refractivity contribution is 0.115. The van der Waals surface area contributed by atoms with E-state index in [0.717, 1.165) is 55.0 Å². The van der Waals surface area contributed by atoms with E-state index in [1.54, 1.807) is 0 Å². The quantitative estimate of drug-likeness (QED) is 0.244. The molecule has 1 aliphatic rings. The Bertz CT molecular complexity index is 478. The summed E-state index contributed by atoms with van der Waals surface area (Å²) < 4.78 is 11.9. The van der Waals surface area contributed by atoms with E-state index in [2.05, 4.69) is 38.1 Å². The van der Waals surface area contributed by atoms with Gasteiger partial charge in [0.25, 0.3) is 0 Å². The number of likely N-dealkylation sites (N-methyl/N-ethyl adjacent to an activating group) is 1. The first-order valence-electron chi connectivity index (χ1n) is 8.00. The molecule has 1 fully saturated rings. The molecule has 2 rings (SSSR count). The van der Waals surface area contributed by atoms with Gasteiger partial charge < -0.3 is 19.4 Å². The zero-order valence-electron chi connectivity index (χ0n) is 13.9. The predicted octanol–water partition coefficient (Wildman–Crippen LogP) is 3.53. The maximum atomic E-state index is 5.69. The molecule has 1 heterocycles. The van der Waals surface area contributed by atoms with Gasteiger partial charge in [-0.3, -0.25) is 4.99 Å². The zero-order chi connectivity index (χ0) is 15.8. The van der Waals surface area contributed by atoms with Crippen LogP contribution >= 0.6 is 39.9 Å². The van der Waals surface area contributed by atoms with Crippen molar-refractivity contribution in [2.75, 3.05) is 39.9 Å². The van der Waals surface area contributed by atoms with E-state index in [9.17, 15) is 0 Å². The molecule has 0 saturated heterocycles.